The first kappa shape index (κ1) is 15.0. The zero-order valence-electron chi connectivity index (χ0n) is 12.4. The van der Waals surface area contributed by atoms with E-state index in [1.165, 1.54) is 5.56 Å². The molecule has 0 aromatic heterocycles. The highest BCUT2D eigenvalue weighted by molar-refractivity contribution is 5.28. The molecule has 0 saturated heterocycles. The van der Waals surface area contributed by atoms with E-state index >= 15 is 0 Å². The molecule has 1 aromatic carbocycles. The number of ether oxygens (including phenoxy) is 1. The van der Waals surface area contributed by atoms with Crippen LogP contribution in [0.2, 0.25) is 0 Å². The first-order chi connectivity index (χ1) is 8.40. The highest BCUT2D eigenvalue weighted by atomic mass is 16.5. The molecule has 0 radical (unpaired) electrons. The lowest BCUT2D eigenvalue weighted by Gasteiger charge is -2.21. The summed E-state index contributed by atoms with van der Waals surface area (Å²) in [5, 5.41) is 3.49. The third kappa shape index (κ3) is 6.06. The minimum absolute atomic E-state index is 0.145. The van der Waals surface area contributed by atoms with Crippen molar-refractivity contribution in [3.05, 3.63) is 29.8 Å². The predicted molar refractivity (Wildman–Crippen MR) is 78.0 cm³/mol. The van der Waals surface area contributed by atoms with Crippen LogP contribution in [0.25, 0.3) is 0 Å². The average Bonchev–Trinajstić information content (AvgIpc) is 2.26. The Kier molecular flexibility index (Phi) is 5.67. The summed E-state index contributed by atoms with van der Waals surface area (Å²) in [6.45, 7) is 11.7. The van der Waals surface area contributed by atoms with Gasteiger partial charge in [0.1, 0.15) is 5.75 Å². The van der Waals surface area contributed by atoms with Crippen LogP contribution in [0, 0.1) is 0 Å². The van der Waals surface area contributed by atoms with Gasteiger partial charge in [-0.2, -0.15) is 0 Å². The van der Waals surface area contributed by atoms with Crippen molar-refractivity contribution in [3.63, 3.8) is 0 Å². The standard InChI is InChI=1S/C16H27NO/c1-6-8-13(2)18-15-10-7-9-14(11-15)12-17-16(3,4)5/h7,9-11,13,17H,6,8,12H2,1-5H3. The van der Waals surface area contributed by atoms with Gasteiger partial charge in [-0.3, -0.25) is 0 Å². The number of hydrogen-bond acceptors (Lipinski definition) is 2. The Labute approximate surface area is 112 Å². The summed E-state index contributed by atoms with van der Waals surface area (Å²) in [6, 6.07) is 8.36. The van der Waals surface area contributed by atoms with Gasteiger partial charge in [-0.1, -0.05) is 25.5 Å². The van der Waals surface area contributed by atoms with Crippen LogP contribution in [-0.2, 0) is 6.54 Å². The fourth-order valence-electron chi connectivity index (χ4n) is 1.79. The van der Waals surface area contributed by atoms with Crippen LogP contribution in [-0.4, -0.2) is 11.6 Å². The molecule has 0 aliphatic rings. The normalized spacial score (nSPS) is 13.4. The molecule has 2 nitrogen and oxygen atoms in total. The molecule has 0 spiro atoms. The van der Waals surface area contributed by atoms with E-state index < -0.39 is 0 Å². The summed E-state index contributed by atoms with van der Waals surface area (Å²) in [6.07, 6.45) is 2.55. The maximum absolute atomic E-state index is 5.90. The van der Waals surface area contributed by atoms with Crippen LogP contribution < -0.4 is 10.1 Å². The van der Waals surface area contributed by atoms with Gasteiger partial charge in [-0.25, -0.2) is 0 Å². The molecular formula is C16H27NO. The molecule has 0 amide bonds. The van der Waals surface area contributed by atoms with Crippen molar-refractivity contribution in [2.45, 2.75) is 65.6 Å². The van der Waals surface area contributed by atoms with Gasteiger partial charge in [0.2, 0.25) is 0 Å². The summed E-state index contributed by atoms with van der Waals surface area (Å²) >= 11 is 0. The van der Waals surface area contributed by atoms with Gasteiger partial charge < -0.3 is 10.1 Å². The summed E-state index contributed by atoms with van der Waals surface area (Å²) < 4.78 is 5.90. The van der Waals surface area contributed by atoms with E-state index in [1.807, 2.05) is 6.07 Å². The molecule has 0 saturated carbocycles. The molecule has 2 heteroatoms. The van der Waals surface area contributed by atoms with Gasteiger partial charge in [0.15, 0.2) is 0 Å². The van der Waals surface area contributed by atoms with Crippen LogP contribution in [0.15, 0.2) is 24.3 Å². The summed E-state index contributed by atoms with van der Waals surface area (Å²) in [5.74, 6) is 0.976. The smallest absolute Gasteiger partial charge is 0.120 e. The third-order valence-electron chi connectivity index (χ3n) is 2.75. The maximum atomic E-state index is 5.90. The zero-order valence-corrected chi connectivity index (χ0v) is 12.4. The van der Waals surface area contributed by atoms with Crippen molar-refractivity contribution < 1.29 is 4.74 Å². The van der Waals surface area contributed by atoms with Crippen molar-refractivity contribution in [1.29, 1.82) is 0 Å². The van der Waals surface area contributed by atoms with Gasteiger partial charge in [0.05, 0.1) is 6.10 Å². The van der Waals surface area contributed by atoms with Crippen LogP contribution >= 0.6 is 0 Å². The maximum Gasteiger partial charge on any atom is 0.120 e. The Balaban J connectivity index is 2.56. The lowest BCUT2D eigenvalue weighted by molar-refractivity contribution is 0.209. The first-order valence-electron chi connectivity index (χ1n) is 6.91. The first-order valence-corrected chi connectivity index (χ1v) is 6.91. The molecule has 102 valence electrons. The van der Waals surface area contributed by atoms with Crippen LogP contribution in [0.1, 0.15) is 53.0 Å². The van der Waals surface area contributed by atoms with Crippen LogP contribution in [0.3, 0.4) is 0 Å². The van der Waals surface area contributed by atoms with Crippen molar-refractivity contribution in [1.82, 2.24) is 5.32 Å². The fraction of sp³-hybridized carbons (Fsp3) is 0.625. The minimum atomic E-state index is 0.145. The SMILES string of the molecule is CCCC(C)Oc1cccc(CNC(C)(C)C)c1. The number of rotatable bonds is 6. The number of nitrogens with one attached hydrogen (secondary N) is 1. The summed E-state index contributed by atoms with van der Waals surface area (Å²) in [5.41, 5.74) is 1.41. The zero-order chi connectivity index (χ0) is 13.6. The van der Waals surface area contributed by atoms with Gasteiger partial charge in [0, 0.05) is 12.1 Å². The van der Waals surface area contributed by atoms with Gasteiger partial charge in [-0.15, -0.1) is 0 Å². The van der Waals surface area contributed by atoms with E-state index in [1.54, 1.807) is 0 Å². The van der Waals surface area contributed by atoms with Crippen molar-refractivity contribution in [3.8, 4) is 5.75 Å². The van der Waals surface area contributed by atoms with Crippen LogP contribution in [0.5, 0.6) is 5.75 Å². The van der Waals surface area contributed by atoms with E-state index in [4.69, 9.17) is 4.74 Å². The molecule has 1 aromatic rings. The quantitative estimate of drug-likeness (QED) is 0.818. The lowest BCUT2D eigenvalue weighted by Crippen LogP contribution is -2.35. The molecule has 0 aliphatic carbocycles. The van der Waals surface area contributed by atoms with Gasteiger partial charge in [-0.05, 0) is 51.8 Å². The highest BCUT2D eigenvalue weighted by Crippen LogP contribution is 2.17. The largest absolute Gasteiger partial charge is 0.491 e. The molecule has 1 N–H and O–H groups in total. The minimum Gasteiger partial charge on any atom is -0.491 e. The molecule has 1 unspecified atom stereocenters. The molecule has 0 heterocycles. The van der Waals surface area contributed by atoms with Crippen molar-refractivity contribution in [2.75, 3.05) is 0 Å². The Hall–Kier alpha value is -1.02. The number of benzene rings is 1. The summed E-state index contributed by atoms with van der Waals surface area (Å²) in [4.78, 5) is 0. The molecule has 1 atom stereocenters. The average molecular weight is 249 g/mol. The second kappa shape index (κ2) is 6.79. The molecular weight excluding hydrogens is 222 g/mol. The van der Waals surface area contributed by atoms with E-state index in [2.05, 4.69) is 58.1 Å². The Morgan fingerprint density at radius 3 is 2.61 bits per heavy atom. The highest BCUT2D eigenvalue weighted by Gasteiger charge is 2.09. The Bertz CT molecular complexity index is 354. The van der Waals surface area contributed by atoms with E-state index in [9.17, 15) is 0 Å². The number of hydrogen-bond donors (Lipinski definition) is 1. The molecule has 18 heavy (non-hydrogen) atoms. The fourth-order valence-corrected chi connectivity index (χ4v) is 1.79. The summed E-state index contributed by atoms with van der Waals surface area (Å²) in [7, 11) is 0. The second-order valence-electron chi connectivity index (χ2n) is 5.97. The van der Waals surface area contributed by atoms with Gasteiger partial charge >= 0.3 is 0 Å². The monoisotopic (exact) mass is 249 g/mol. The lowest BCUT2D eigenvalue weighted by atomic mass is 10.1. The molecule has 0 bridgehead atoms. The Morgan fingerprint density at radius 1 is 1.28 bits per heavy atom. The van der Waals surface area contributed by atoms with E-state index in [0.717, 1.165) is 25.1 Å². The molecule has 1 rings (SSSR count). The molecule has 0 fully saturated rings. The van der Waals surface area contributed by atoms with E-state index in [0.29, 0.717) is 6.10 Å². The Morgan fingerprint density at radius 2 is 2.00 bits per heavy atom. The van der Waals surface area contributed by atoms with Crippen LogP contribution in [0.4, 0.5) is 0 Å². The predicted octanol–water partition coefficient (Wildman–Crippen LogP) is 4.14. The second-order valence-corrected chi connectivity index (χ2v) is 5.97. The molecule has 0 aliphatic heterocycles. The van der Waals surface area contributed by atoms with E-state index in [-0.39, 0.29) is 5.54 Å². The van der Waals surface area contributed by atoms with Gasteiger partial charge in [0.25, 0.3) is 0 Å². The topological polar surface area (TPSA) is 21.3 Å². The third-order valence-corrected chi connectivity index (χ3v) is 2.75. The van der Waals surface area contributed by atoms with Crippen molar-refractivity contribution in [2.24, 2.45) is 0 Å². The van der Waals surface area contributed by atoms with Crippen molar-refractivity contribution >= 4 is 0 Å².